The van der Waals surface area contributed by atoms with Gasteiger partial charge in [0, 0.05) is 7.05 Å². The summed E-state index contributed by atoms with van der Waals surface area (Å²) >= 11 is 0. The summed E-state index contributed by atoms with van der Waals surface area (Å²) in [6.07, 6.45) is 4.21. The van der Waals surface area contributed by atoms with Gasteiger partial charge in [-0.05, 0) is 18.4 Å². The van der Waals surface area contributed by atoms with Crippen LogP contribution >= 0.6 is 0 Å². The van der Waals surface area contributed by atoms with Crippen LogP contribution in [-0.4, -0.2) is 24.3 Å². The van der Waals surface area contributed by atoms with Crippen molar-refractivity contribution < 1.29 is 0 Å². The van der Waals surface area contributed by atoms with E-state index in [-0.39, 0.29) is 0 Å². The van der Waals surface area contributed by atoms with Gasteiger partial charge in [0.05, 0.1) is 12.3 Å². The summed E-state index contributed by atoms with van der Waals surface area (Å²) in [5, 5.41) is 6.22. The number of likely N-dealkylation sites (N-methyl/N-ethyl adjacent to an activating group) is 1. The van der Waals surface area contributed by atoms with Gasteiger partial charge in [-0.3, -0.25) is 5.01 Å². The van der Waals surface area contributed by atoms with Crippen LogP contribution in [0.2, 0.25) is 0 Å². The average Bonchev–Trinajstić information content (AvgIpc) is 1.94. The van der Waals surface area contributed by atoms with Gasteiger partial charge in [0.25, 0.3) is 0 Å². The van der Waals surface area contributed by atoms with Gasteiger partial charge in [0.1, 0.15) is 0 Å². The number of rotatable bonds is 1. The van der Waals surface area contributed by atoms with Crippen LogP contribution in [0, 0.1) is 5.92 Å². The normalized spacial score (nSPS) is 24.3. The van der Waals surface area contributed by atoms with Crippen molar-refractivity contribution in [3.63, 3.8) is 0 Å². The van der Waals surface area contributed by atoms with Gasteiger partial charge in [-0.15, -0.1) is 0 Å². The van der Waals surface area contributed by atoms with Crippen molar-refractivity contribution in [2.45, 2.75) is 26.8 Å². The highest BCUT2D eigenvalue weighted by atomic mass is 15.4. The van der Waals surface area contributed by atoms with Crippen molar-refractivity contribution in [2.24, 2.45) is 11.0 Å². The highest BCUT2D eigenvalue weighted by molar-refractivity contribution is 5.79. The maximum atomic E-state index is 4.25. The fourth-order valence-electron chi connectivity index (χ4n) is 1.03. The Balaban J connectivity index is 2.72. The van der Waals surface area contributed by atoms with E-state index in [0.717, 1.165) is 0 Å². The second-order valence-corrected chi connectivity index (χ2v) is 3.38. The molecule has 1 atom stereocenters. The van der Waals surface area contributed by atoms with E-state index in [1.54, 1.807) is 0 Å². The molecule has 0 saturated heterocycles. The largest absolute Gasteiger partial charge is 0.293 e. The Morgan fingerprint density at radius 2 is 2.18 bits per heavy atom. The molecule has 0 amide bonds. The highest BCUT2D eigenvalue weighted by Crippen LogP contribution is 2.14. The van der Waals surface area contributed by atoms with Gasteiger partial charge in [0.2, 0.25) is 0 Å². The second-order valence-electron chi connectivity index (χ2n) is 3.38. The minimum absolute atomic E-state index is 0.442. The molecule has 0 radical (unpaired) electrons. The first kappa shape index (κ1) is 8.31. The fourth-order valence-corrected chi connectivity index (χ4v) is 1.03. The highest BCUT2D eigenvalue weighted by Gasteiger charge is 2.11. The summed E-state index contributed by atoms with van der Waals surface area (Å²) in [5.74, 6) is 0.592. The fraction of sp³-hybridized carbons (Fsp3) is 0.667. The van der Waals surface area contributed by atoms with Crippen LogP contribution in [-0.2, 0) is 0 Å². The third-order valence-corrected chi connectivity index (χ3v) is 2.08. The number of nitrogens with zero attached hydrogens (tertiary/aromatic N) is 2. The summed E-state index contributed by atoms with van der Waals surface area (Å²) in [7, 11) is 1.99. The molecule has 2 nitrogen and oxygen atoms in total. The maximum absolute atomic E-state index is 4.25. The third-order valence-electron chi connectivity index (χ3n) is 2.08. The monoisotopic (exact) mass is 152 g/mol. The van der Waals surface area contributed by atoms with Gasteiger partial charge in [-0.1, -0.05) is 19.9 Å². The summed E-state index contributed by atoms with van der Waals surface area (Å²) in [6.45, 7) is 6.53. The second kappa shape index (κ2) is 3.07. The van der Waals surface area contributed by atoms with E-state index in [1.807, 2.05) is 18.3 Å². The Morgan fingerprint density at radius 1 is 1.55 bits per heavy atom. The van der Waals surface area contributed by atoms with E-state index in [4.69, 9.17) is 0 Å². The number of allylic oxidation sites excluding steroid dienone is 1. The Bertz CT molecular complexity index is 192. The molecule has 0 bridgehead atoms. The van der Waals surface area contributed by atoms with Crippen molar-refractivity contribution in [1.29, 1.82) is 0 Å². The van der Waals surface area contributed by atoms with Crippen LogP contribution in [0.4, 0.5) is 0 Å². The van der Waals surface area contributed by atoms with Crippen LogP contribution in [0.5, 0.6) is 0 Å². The Morgan fingerprint density at radius 3 is 2.64 bits per heavy atom. The Labute approximate surface area is 68.6 Å². The first-order valence-corrected chi connectivity index (χ1v) is 4.10. The lowest BCUT2D eigenvalue weighted by Crippen LogP contribution is -2.26. The van der Waals surface area contributed by atoms with Crippen LogP contribution in [0.1, 0.15) is 20.8 Å². The number of hydrazone groups is 1. The zero-order valence-electron chi connectivity index (χ0n) is 7.70. The summed E-state index contributed by atoms with van der Waals surface area (Å²) in [6, 6.07) is 0.442. The van der Waals surface area contributed by atoms with Gasteiger partial charge in [0.15, 0.2) is 0 Å². The molecule has 0 aliphatic carbocycles. The van der Waals surface area contributed by atoms with Gasteiger partial charge < -0.3 is 0 Å². The summed E-state index contributed by atoms with van der Waals surface area (Å²) in [5.41, 5.74) is 1.34. The molecule has 1 rings (SSSR count). The lowest BCUT2D eigenvalue weighted by molar-refractivity contribution is 0.309. The van der Waals surface area contributed by atoms with Crippen molar-refractivity contribution in [3.8, 4) is 0 Å². The van der Waals surface area contributed by atoms with Gasteiger partial charge in [-0.2, -0.15) is 5.10 Å². The van der Waals surface area contributed by atoms with Crippen molar-refractivity contribution in [2.75, 3.05) is 7.05 Å². The molecule has 0 N–H and O–H groups in total. The summed E-state index contributed by atoms with van der Waals surface area (Å²) in [4.78, 5) is 0. The van der Waals surface area contributed by atoms with E-state index in [1.165, 1.54) is 5.57 Å². The molecular formula is C9H16N2. The first-order valence-electron chi connectivity index (χ1n) is 4.10. The molecule has 1 unspecified atom stereocenters. The molecule has 0 aromatic carbocycles. The van der Waals surface area contributed by atoms with E-state index >= 15 is 0 Å². The minimum atomic E-state index is 0.442. The quantitative estimate of drug-likeness (QED) is 0.560. The zero-order chi connectivity index (χ0) is 8.43. The zero-order valence-corrected chi connectivity index (χ0v) is 7.70. The predicted octanol–water partition coefficient (Wildman–Crippen LogP) is 1.89. The van der Waals surface area contributed by atoms with Crippen LogP contribution in [0.15, 0.2) is 16.8 Å². The van der Waals surface area contributed by atoms with Crippen molar-refractivity contribution in [1.82, 2.24) is 5.01 Å². The minimum Gasteiger partial charge on any atom is -0.293 e. The number of hydrogen-bond donors (Lipinski definition) is 0. The molecule has 0 aromatic rings. The molecule has 1 heterocycles. The standard InChI is InChI=1S/C9H16N2/c1-7(2)9-5-8(3)11(4)10-6-9/h5-8H,1-4H3. The van der Waals surface area contributed by atoms with E-state index in [9.17, 15) is 0 Å². The molecule has 0 spiro atoms. The molecule has 11 heavy (non-hydrogen) atoms. The van der Waals surface area contributed by atoms with Crippen molar-refractivity contribution in [3.05, 3.63) is 11.6 Å². The first-order chi connectivity index (χ1) is 5.11. The molecular weight excluding hydrogens is 136 g/mol. The molecule has 0 saturated carbocycles. The van der Waals surface area contributed by atoms with Crippen molar-refractivity contribution >= 4 is 6.21 Å². The molecule has 62 valence electrons. The molecule has 1 aliphatic heterocycles. The predicted molar refractivity (Wildman–Crippen MR) is 48.6 cm³/mol. The van der Waals surface area contributed by atoms with Crippen LogP contribution in [0.25, 0.3) is 0 Å². The summed E-state index contributed by atoms with van der Waals surface area (Å²) < 4.78 is 0. The van der Waals surface area contributed by atoms with Gasteiger partial charge >= 0.3 is 0 Å². The maximum Gasteiger partial charge on any atom is 0.0625 e. The van der Waals surface area contributed by atoms with Crippen LogP contribution < -0.4 is 0 Å². The van der Waals surface area contributed by atoms with E-state index < -0.39 is 0 Å². The number of hydrogen-bond acceptors (Lipinski definition) is 2. The molecule has 0 aromatic heterocycles. The SMILES string of the molecule is CC(C)C1=CC(C)N(C)N=C1. The average molecular weight is 152 g/mol. The smallest absolute Gasteiger partial charge is 0.0625 e. The van der Waals surface area contributed by atoms with Crippen LogP contribution in [0.3, 0.4) is 0 Å². The lowest BCUT2D eigenvalue weighted by atomic mass is 10.0. The van der Waals surface area contributed by atoms with E-state index in [2.05, 4.69) is 31.9 Å². The third kappa shape index (κ3) is 1.82. The van der Waals surface area contributed by atoms with E-state index in [0.29, 0.717) is 12.0 Å². The Hall–Kier alpha value is -0.790. The molecule has 2 heteroatoms. The topological polar surface area (TPSA) is 15.6 Å². The van der Waals surface area contributed by atoms with Gasteiger partial charge in [-0.25, -0.2) is 0 Å². The Kier molecular flexibility index (Phi) is 2.32. The lowest BCUT2D eigenvalue weighted by Gasteiger charge is -2.24. The molecule has 1 aliphatic rings. The molecule has 0 fully saturated rings.